The lowest BCUT2D eigenvalue weighted by Gasteiger charge is -2.53. The van der Waals surface area contributed by atoms with Gasteiger partial charge in [-0.05, 0) is 104 Å². The first-order chi connectivity index (χ1) is 35.5. The van der Waals surface area contributed by atoms with Crippen molar-refractivity contribution in [1.29, 1.82) is 0 Å². The zero-order valence-corrected chi connectivity index (χ0v) is 43.1. The molecule has 75 heavy (non-hydrogen) atoms. The van der Waals surface area contributed by atoms with Crippen LogP contribution in [-0.2, 0) is 66.5 Å². The van der Waals surface area contributed by atoms with E-state index in [-0.39, 0.29) is 71.1 Å². The quantitative estimate of drug-likeness (QED) is 0.241. The van der Waals surface area contributed by atoms with E-state index in [1.165, 1.54) is 30.4 Å². The third-order valence-corrected chi connectivity index (χ3v) is 16.3. The van der Waals surface area contributed by atoms with Crippen LogP contribution in [0.5, 0.6) is 5.75 Å². The molecular formula is C55H68O20. The van der Waals surface area contributed by atoms with Gasteiger partial charge >= 0.3 is 0 Å². The van der Waals surface area contributed by atoms with E-state index in [0.29, 0.717) is 38.5 Å². The molecule has 6 aliphatic heterocycles. The van der Waals surface area contributed by atoms with Gasteiger partial charge in [-0.3, -0.25) is 24.0 Å². The molecule has 1 aromatic rings. The summed E-state index contributed by atoms with van der Waals surface area (Å²) in [5.41, 5.74) is -8.07. The van der Waals surface area contributed by atoms with Crippen molar-refractivity contribution in [3.63, 3.8) is 0 Å². The second-order valence-electron chi connectivity index (χ2n) is 21.8. The van der Waals surface area contributed by atoms with Crippen molar-refractivity contribution >= 4 is 28.9 Å². The Balaban J connectivity index is 0.739. The van der Waals surface area contributed by atoms with Gasteiger partial charge in [0.2, 0.25) is 0 Å². The molecule has 0 aromatic heterocycles. The molecule has 408 valence electrons. The Morgan fingerprint density at radius 2 is 1.17 bits per heavy atom. The SMILES string of the molecule is C[C@H]1O[C@H](O[C@@H]2CC[C@@H](O[C@@H]3CC[C@@H](O[C@H]4[C@H](O)C[C@H](c5ccc6c(c5O)C(=O)C5=C(C6=O)[C@@]6(O)C(=O)C[C@](C)(O[C@@H]7CC[C@@H](O[C@@H]8C=CC(=O)[C@@H](C)O8)[C@@H](C)O7)C[C@@]6(O)C=C5)O[C@@H]4C)O[C@@H]3C)O[C@@H]2C)C=CC1=O. The molecule has 0 unspecified atom stereocenters. The van der Waals surface area contributed by atoms with Crippen molar-refractivity contribution < 1.29 is 96.5 Å². The number of phenolic OH excluding ortho intramolecular Hbond substituents is 1. The van der Waals surface area contributed by atoms with Gasteiger partial charge in [-0.1, -0.05) is 12.1 Å². The molecule has 3 aliphatic carbocycles. The number of hydrogen-bond donors (Lipinski definition) is 4. The summed E-state index contributed by atoms with van der Waals surface area (Å²) in [6.07, 6.45) is 0.366. The molecule has 1 saturated carbocycles. The maximum atomic E-state index is 14.5. The van der Waals surface area contributed by atoms with E-state index in [2.05, 4.69) is 0 Å². The van der Waals surface area contributed by atoms with Crippen LogP contribution in [0, 0.1) is 0 Å². The topological polar surface area (TPSA) is 268 Å². The predicted octanol–water partition coefficient (Wildman–Crippen LogP) is 4.30. The van der Waals surface area contributed by atoms with Crippen LogP contribution in [-0.4, -0.2) is 165 Å². The highest BCUT2D eigenvalue weighted by molar-refractivity contribution is 6.32. The normalized spacial score (nSPS) is 44.1. The summed E-state index contributed by atoms with van der Waals surface area (Å²) in [7, 11) is 0. The van der Waals surface area contributed by atoms with Crippen LogP contribution in [0.2, 0.25) is 0 Å². The Morgan fingerprint density at radius 1 is 0.627 bits per heavy atom. The number of rotatable bonds is 11. The van der Waals surface area contributed by atoms with Crippen LogP contribution >= 0.6 is 0 Å². The molecule has 1 aromatic carbocycles. The van der Waals surface area contributed by atoms with E-state index in [4.69, 9.17) is 52.1 Å². The van der Waals surface area contributed by atoms with Gasteiger partial charge in [0.05, 0.1) is 71.7 Å². The minimum Gasteiger partial charge on any atom is -0.507 e. The average molecular weight is 1050 g/mol. The number of hydrogen-bond acceptors (Lipinski definition) is 20. The highest BCUT2D eigenvalue weighted by Gasteiger charge is 2.67. The lowest BCUT2D eigenvalue weighted by Crippen LogP contribution is -2.69. The second kappa shape index (κ2) is 20.9. The number of benzene rings is 1. The monoisotopic (exact) mass is 1050 g/mol. The van der Waals surface area contributed by atoms with Crippen LogP contribution in [0.3, 0.4) is 0 Å². The van der Waals surface area contributed by atoms with Crippen LogP contribution in [0.15, 0.2) is 59.7 Å². The molecule has 4 saturated heterocycles. The molecule has 0 radical (unpaired) electrons. The number of aliphatic hydroxyl groups excluding tert-OH is 1. The molecule has 5 fully saturated rings. The molecule has 10 rings (SSSR count). The second-order valence-corrected chi connectivity index (χ2v) is 21.8. The molecule has 4 N–H and O–H groups in total. The molecule has 0 spiro atoms. The van der Waals surface area contributed by atoms with E-state index in [1.807, 2.05) is 13.8 Å². The number of allylic oxidation sites excluding steroid dienone is 2. The Hall–Kier alpha value is -4.23. The Bertz CT molecular complexity index is 2560. The van der Waals surface area contributed by atoms with Crippen molar-refractivity contribution in [3.05, 3.63) is 76.4 Å². The predicted molar refractivity (Wildman–Crippen MR) is 258 cm³/mol. The Labute approximate surface area is 434 Å². The number of aliphatic hydroxyl groups is 3. The average Bonchev–Trinajstić information content (AvgIpc) is 3.38. The smallest absolute Gasteiger partial charge is 0.198 e. The maximum absolute atomic E-state index is 14.5. The fourth-order valence-corrected chi connectivity index (χ4v) is 12.1. The van der Waals surface area contributed by atoms with Crippen LogP contribution in [0.25, 0.3) is 0 Å². The molecule has 0 bridgehead atoms. The zero-order chi connectivity index (χ0) is 53.5. The molecule has 20 heteroatoms. The maximum Gasteiger partial charge on any atom is 0.198 e. The van der Waals surface area contributed by atoms with Crippen LogP contribution in [0.4, 0.5) is 0 Å². The first-order valence-corrected chi connectivity index (χ1v) is 26.3. The number of ether oxygens (including phenoxy) is 11. The molecule has 9 aliphatic rings. The van der Waals surface area contributed by atoms with Gasteiger partial charge in [0.1, 0.15) is 29.7 Å². The highest BCUT2D eigenvalue weighted by atomic mass is 16.7. The molecule has 6 heterocycles. The number of phenols is 1. The first-order valence-electron chi connectivity index (χ1n) is 26.3. The minimum atomic E-state index is -2.84. The van der Waals surface area contributed by atoms with Crippen LogP contribution < -0.4 is 0 Å². The summed E-state index contributed by atoms with van der Waals surface area (Å²) in [5, 5.41) is 47.9. The van der Waals surface area contributed by atoms with Crippen molar-refractivity contribution in [2.75, 3.05) is 0 Å². The fraction of sp³-hybridized carbons (Fsp3) is 0.655. The number of carbonyl (C=O) groups is 5. The lowest BCUT2D eigenvalue weighted by atomic mass is 9.57. The van der Waals surface area contributed by atoms with Gasteiger partial charge in [0.15, 0.2) is 66.0 Å². The summed E-state index contributed by atoms with van der Waals surface area (Å²) >= 11 is 0. The number of carbonyl (C=O) groups excluding carboxylic acids is 5. The molecular weight excluding hydrogens is 981 g/mol. The van der Waals surface area contributed by atoms with Gasteiger partial charge in [-0.2, -0.15) is 0 Å². The van der Waals surface area contributed by atoms with E-state index >= 15 is 0 Å². The number of fused-ring (bicyclic) bond motifs is 3. The van der Waals surface area contributed by atoms with E-state index in [9.17, 15) is 44.4 Å². The van der Waals surface area contributed by atoms with E-state index in [0.717, 1.165) is 6.08 Å². The van der Waals surface area contributed by atoms with Gasteiger partial charge < -0.3 is 72.5 Å². The van der Waals surface area contributed by atoms with Crippen molar-refractivity contribution in [2.24, 2.45) is 0 Å². The van der Waals surface area contributed by atoms with Crippen molar-refractivity contribution in [3.8, 4) is 5.75 Å². The number of aromatic hydroxyl groups is 1. The van der Waals surface area contributed by atoms with Crippen molar-refractivity contribution in [1.82, 2.24) is 0 Å². The van der Waals surface area contributed by atoms with Gasteiger partial charge in [0, 0.05) is 55.2 Å². The molecule has 0 amide bonds. The lowest BCUT2D eigenvalue weighted by molar-refractivity contribution is -0.308. The van der Waals surface area contributed by atoms with E-state index in [1.54, 1.807) is 46.8 Å². The highest BCUT2D eigenvalue weighted by Crippen LogP contribution is 2.53. The van der Waals surface area contributed by atoms with E-state index < -0.39 is 132 Å². The summed E-state index contributed by atoms with van der Waals surface area (Å²) in [5.74, 6) is -3.54. The third kappa shape index (κ3) is 10.3. The standard InChI is InChI=1S/C55H68O20/c1-25-34(56)10-15-42(66-25)71-37-12-17-44(68-27(37)3)73-38-13-18-45(69-28(38)4)74-52-30(6)65-40(22-36(52)58)31-8-9-32-47(49(31)60)50(61)33-20-21-54(63)24-53(7,23-41(59)55(54,64)48(33)51(32)62)75-46-19-14-39(29(5)70-46)72-43-16-11-35(57)26(2)67-43/h8-11,15-16,20-21,25-30,36-40,42-46,52,58,60,63-64H,12-14,17-19,22-24H2,1-7H3/t25-,26-,27-,28-,29-,30-,36-,37-,38-,39-,40-,42-,43-,44-,45-,46-,52-,53+,54+,55+/m1/s1. The first kappa shape index (κ1) is 54.1. The van der Waals surface area contributed by atoms with Crippen LogP contribution in [0.1, 0.15) is 139 Å². The molecule has 20 nitrogen and oxygen atoms in total. The summed E-state index contributed by atoms with van der Waals surface area (Å²) in [4.78, 5) is 66.8. The third-order valence-electron chi connectivity index (χ3n) is 16.3. The minimum absolute atomic E-state index is 0.0512. The molecule has 20 atom stereocenters. The Morgan fingerprint density at radius 3 is 1.73 bits per heavy atom. The summed E-state index contributed by atoms with van der Waals surface area (Å²) < 4.78 is 67.4. The van der Waals surface area contributed by atoms with Crippen molar-refractivity contribution in [2.45, 2.75) is 228 Å². The zero-order valence-electron chi connectivity index (χ0n) is 43.1. The number of ketones is 5. The fourth-order valence-electron chi connectivity index (χ4n) is 12.1. The summed E-state index contributed by atoms with van der Waals surface area (Å²) in [6, 6.07) is 2.71. The van der Waals surface area contributed by atoms with Gasteiger partial charge in [-0.15, -0.1) is 0 Å². The summed E-state index contributed by atoms with van der Waals surface area (Å²) in [6.45, 7) is 12.2. The number of Topliss-reactive ketones (excluding diaryl/α,β-unsaturated/α-hetero) is 3. The van der Waals surface area contributed by atoms with Gasteiger partial charge in [-0.25, -0.2) is 0 Å². The Kier molecular flexibility index (Phi) is 15.1. The van der Waals surface area contributed by atoms with Gasteiger partial charge in [0.25, 0.3) is 0 Å². The largest absolute Gasteiger partial charge is 0.507 e.